The maximum Gasteiger partial charge on any atom is 0.237 e. The molecule has 0 radical (unpaired) electrons. The zero-order valence-electron chi connectivity index (χ0n) is 16.0. The third-order valence-electron chi connectivity index (χ3n) is 4.54. The fourth-order valence-corrected chi connectivity index (χ4v) is 5.14. The number of hydrogen-bond acceptors (Lipinski definition) is 6. The lowest BCUT2D eigenvalue weighted by Crippen LogP contribution is -2.24. The Bertz CT molecular complexity index is 1180. The Morgan fingerprint density at radius 3 is 2.60 bits per heavy atom. The van der Waals surface area contributed by atoms with Crippen molar-refractivity contribution in [3.63, 3.8) is 0 Å². The van der Waals surface area contributed by atoms with Gasteiger partial charge in [-0.3, -0.25) is 4.79 Å². The number of rotatable bonds is 6. The number of thiophene rings is 1. The number of aromatic hydroxyl groups is 1. The molecule has 0 aliphatic rings. The number of nitrogens with one attached hydrogen (secondary N) is 1. The predicted octanol–water partition coefficient (Wildman–Crippen LogP) is 6.23. The molecule has 0 aliphatic carbocycles. The van der Waals surface area contributed by atoms with Crippen LogP contribution in [0.4, 0.5) is 5.69 Å². The van der Waals surface area contributed by atoms with Gasteiger partial charge >= 0.3 is 0 Å². The summed E-state index contributed by atoms with van der Waals surface area (Å²) >= 11 is 9.02. The number of nitrogens with zero attached hydrogens (tertiary/aromatic N) is 2. The fraction of sp³-hybridized carbons (Fsp3) is 0.136. The largest absolute Gasteiger partial charge is 0.508 e. The van der Waals surface area contributed by atoms with Crippen LogP contribution in [0, 0.1) is 0 Å². The molecule has 1 atom stereocenters. The summed E-state index contributed by atoms with van der Waals surface area (Å²) in [6.45, 7) is 1.97. The average Bonchev–Trinajstić information content (AvgIpc) is 3.19. The molecule has 1 amide bonds. The van der Waals surface area contributed by atoms with Gasteiger partial charge in [-0.2, -0.15) is 0 Å². The summed E-state index contributed by atoms with van der Waals surface area (Å²) in [5.74, 6) is 0.0493. The molecule has 0 spiro atoms. The van der Waals surface area contributed by atoms with Crippen LogP contribution in [-0.4, -0.2) is 26.2 Å². The van der Waals surface area contributed by atoms with Crippen molar-refractivity contribution in [2.75, 3.05) is 5.32 Å². The van der Waals surface area contributed by atoms with Crippen LogP contribution in [0.25, 0.3) is 21.3 Å². The summed E-state index contributed by atoms with van der Waals surface area (Å²) in [4.78, 5) is 22.6. The van der Waals surface area contributed by atoms with Gasteiger partial charge < -0.3 is 10.4 Å². The van der Waals surface area contributed by atoms with Gasteiger partial charge in [-0.15, -0.1) is 11.3 Å². The minimum Gasteiger partial charge on any atom is -0.508 e. The molecule has 8 heteroatoms. The highest BCUT2D eigenvalue weighted by Crippen LogP contribution is 2.39. The van der Waals surface area contributed by atoms with E-state index in [0.717, 1.165) is 26.4 Å². The highest BCUT2D eigenvalue weighted by molar-refractivity contribution is 8.00. The van der Waals surface area contributed by atoms with Gasteiger partial charge in [0.2, 0.25) is 5.91 Å². The predicted molar refractivity (Wildman–Crippen MR) is 125 cm³/mol. The van der Waals surface area contributed by atoms with Crippen molar-refractivity contribution in [1.82, 2.24) is 9.97 Å². The Kier molecular flexibility index (Phi) is 6.22. The maximum atomic E-state index is 12.8. The van der Waals surface area contributed by atoms with Crippen LogP contribution in [0.1, 0.15) is 13.3 Å². The summed E-state index contributed by atoms with van der Waals surface area (Å²) in [6, 6.07) is 14.1. The fourth-order valence-electron chi connectivity index (χ4n) is 3.00. The number of aromatic nitrogens is 2. The number of fused-ring (bicyclic) bond motifs is 1. The highest BCUT2D eigenvalue weighted by atomic mass is 35.5. The lowest BCUT2D eigenvalue weighted by Gasteiger charge is -2.15. The Morgan fingerprint density at radius 1 is 1.17 bits per heavy atom. The first-order valence-electron chi connectivity index (χ1n) is 9.30. The minimum absolute atomic E-state index is 0.108. The second-order valence-corrected chi connectivity index (χ2v) is 9.05. The number of amides is 1. The summed E-state index contributed by atoms with van der Waals surface area (Å²) in [7, 11) is 0. The standard InChI is InChI=1S/C22H18ClN3O2S2/c1-2-18(20(28)26-15-7-9-16(27)10-8-15)30-22-19-17(11-29-21(19)24-12-25-22)13-3-5-14(23)6-4-13/h3-12,18,27H,2H2,1H3,(H,26,28). The number of carbonyl (C=O) groups excluding carboxylic acids is 1. The van der Waals surface area contributed by atoms with Crippen molar-refractivity contribution in [3.05, 3.63) is 65.3 Å². The van der Waals surface area contributed by atoms with Crippen LogP contribution in [-0.2, 0) is 4.79 Å². The SMILES string of the molecule is CCC(Sc1ncnc2scc(-c3ccc(Cl)cc3)c12)C(=O)Nc1ccc(O)cc1. The van der Waals surface area contributed by atoms with E-state index in [1.165, 1.54) is 18.1 Å². The molecule has 1 unspecified atom stereocenters. The van der Waals surface area contributed by atoms with Gasteiger partial charge in [0.25, 0.3) is 0 Å². The van der Waals surface area contributed by atoms with Crippen molar-refractivity contribution in [2.24, 2.45) is 0 Å². The Morgan fingerprint density at radius 2 is 1.90 bits per heavy atom. The quantitative estimate of drug-likeness (QED) is 0.205. The molecule has 30 heavy (non-hydrogen) atoms. The number of phenols is 1. The molecule has 4 aromatic rings. The Hall–Kier alpha value is -2.61. The third kappa shape index (κ3) is 4.43. The van der Waals surface area contributed by atoms with Crippen LogP contribution in [0.2, 0.25) is 5.02 Å². The number of hydrogen-bond donors (Lipinski definition) is 2. The lowest BCUT2D eigenvalue weighted by atomic mass is 10.1. The van der Waals surface area contributed by atoms with Crippen LogP contribution in [0.5, 0.6) is 5.75 Å². The number of anilines is 1. The van der Waals surface area contributed by atoms with Crippen LogP contribution >= 0.6 is 34.7 Å². The van der Waals surface area contributed by atoms with Crippen molar-refractivity contribution < 1.29 is 9.90 Å². The first-order chi connectivity index (χ1) is 14.5. The average molecular weight is 456 g/mol. The Labute approximate surface area is 187 Å². The normalized spacial score (nSPS) is 12.1. The maximum absolute atomic E-state index is 12.8. The van der Waals surface area contributed by atoms with Gasteiger partial charge in [0.15, 0.2) is 0 Å². The first-order valence-corrected chi connectivity index (χ1v) is 11.4. The number of halogens is 1. The van der Waals surface area contributed by atoms with Gasteiger partial charge in [-0.25, -0.2) is 9.97 Å². The summed E-state index contributed by atoms with van der Waals surface area (Å²) in [5.41, 5.74) is 2.70. The molecule has 4 rings (SSSR count). The summed E-state index contributed by atoms with van der Waals surface area (Å²) in [6.07, 6.45) is 2.18. The van der Waals surface area contributed by atoms with Gasteiger partial charge in [0, 0.05) is 21.7 Å². The van der Waals surface area contributed by atoms with Crippen LogP contribution in [0.15, 0.2) is 65.3 Å². The third-order valence-corrected chi connectivity index (χ3v) is 7.05. The molecule has 0 saturated heterocycles. The van der Waals surface area contributed by atoms with Crippen molar-refractivity contribution in [2.45, 2.75) is 23.6 Å². The zero-order chi connectivity index (χ0) is 21.1. The number of carbonyl (C=O) groups is 1. The van der Waals surface area contributed by atoms with Gasteiger partial charge in [-0.1, -0.05) is 42.4 Å². The van der Waals surface area contributed by atoms with Crippen LogP contribution < -0.4 is 5.32 Å². The van der Waals surface area contributed by atoms with Crippen molar-refractivity contribution in [1.29, 1.82) is 0 Å². The van der Waals surface area contributed by atoms with E-state index in [9.17, 15) is 9.90 Å². The van der Waals surface area contributed by atoms with Gasteiger partial charge in [0.1, 0.15) is 21.9 Å². The topological polar surface area (TPSA) is 75.1 Å². The van der Waals surface area contributed by atoms with Crippen molar-refractivity contribution >= 4 is 56.5 Å². The van der Waals surface area contributed by atoms with Crippen molar-refractivity contribution in [3.8, 4) is 16.9 Å². The molecule has 2 aromatic heterocycles. The monoisotopic (exact) mass is 455 g/mol. The van der Waals surface area contributed by atoms with Crippen LogP contribution in [0.3, 0.4) is 0 Å². The number of thioether (sulfide) groups is 1. The van der Waals surface area contributed by atoms with Gasteiger partial charge in [0.05, 0.1) is 10.6 Å². The second kappa shape index (κ2) is 9.04. The molecule has 152 valence electrons. The van der Waals surface area contributed by atoms with E-state index in [-0.39, 0.29) is 16.9 Å². The molecule has 0 bridgehead atoms. The van der Waals surface area contributed by atoms with E-state index in [2.05, 4.69) is 20.7 Å². The molecule has 0 aliphatic heterocycles. The van der Waals surface area contributed by atoms with E-state index in [1.807, 2.05) is 31.2 Å². The summed E-state index contributed by atoms with van der Waals surface area (Å²) < 4.78 is 0. The van der Waals surface area contributed by atoms with E-state index >= 15 is 0 Å². The lowest BCUT2D eigenvalue weighted by molar-refractivity contribution is -0.115. The van der Waals surface area contributed by atoms with E-state index in [0.29, 0.717) is 17.1 Å². The van der Waals surface area contributed by atoms with E-state index < -0.39 is 0 Å². The molecular weight excluding hydrogens is 438 g/mol. The van der Waals surface area contributed by atoms with E-state index in [4.69, 9.17) is 11.6 Å². The summed E-state index contributed by atoms with van der Waals surface area (Å²) in [5, 5.41) is 16.5. The van der Waals surface area contributed by atoms with Gasteiger partial charge in [-0.05, 0) is 48.4 Å². The zero-order valence-corrected chi connectivity index (χ0v) is 18.4. The molecular formula is C22H18ClN3O2S2. The molecule has 5 nitrogen and oxygen atoms in total. The molecule has 2 heterocycles. The first kappa shape index (κ1) is 20.7. The molecule has 2 aromatic carbocycles. The highest BCUT2D eigenvalue weighted by Gasteiger charge is 2.22. The smallest absolute Gasteiger partial charge is 0.237 e. The number of benzene rings is 2. The number of phenolic OH excluding ortho intramolecular Hbond substituents is 1. The second-order valence-electron chi connectivity index (χ2n) is 6.57. The Balaban J connectivity index is 1.63. The van der Waals surface area contributed by atoms with E-state index in [1.54, 1.807) is 35.6 Å². The minimum atomic E-state index is -0.324. The molecule has 0 saturated carbocycles. The molecule has 0 fully saturated rings. The molecule has 2 N–H and O–H groups in total.